The minimum absolute atomic E-state index is 0.0236. The van der Waals surface area contributed by atoms with E-state index in [-0.39, 0.29) is 11.5 Å². The summed E-state index contributed by atoms with van der Waals surface area (Å²) in [6.45, 7) is 2.18. The summed E-state index contributed by atoms with van der Waals surface area (Å²) in [6.07, 6.45) is 3.20. The lowest BCUT2D eigenvalue weighted by atomic mass is 10.3. The highest BCUT2D eigenvalue weighted by Crippen LogP contribution is 2.22. The van der Waals surface area contributed by atoms with Crippen molar-refractivity contribution in [2.24, 2.45) is 0 Å². The van der Waals surface area contributed by atoms with Crippen LogP contribution >= 0.6 is 0 Å². The molecule has 2 rings (SSSR count). The SMILES string of the molecule is Cc1cnc(NCc2ccn[nH]2)c([N+](=O)[O-])c1. The Balaban J connectivity index is 2.17. The van der Waals surface area contributed by atoms with Gasteiger partial charge in [0.1, 0.15) is 0 Å². The first kappa shape index (κ1) is 11.1. The van der Waals surface area contributed by atoms with Gasteiger partial charge in [-0.2, -0.15) is 5.10 Å². The number of pyridine rings is 1. The van der Waals surface area contributed by atoms with Crippen LogP contribution in [0.4, 0.5) is 11.5 Å². The molecule has 0 fully saturated rings. The standard InChI is InChI=1S/C10H11N5O2/c1-7-4-9(15(16)17)10(11-5-7)12-6-8-2-3-13-14-8/h2-5H,6H2,1H3,(H,11,12)(H,13,14). The predicted octanol–water partition coefficient (Wildman–Crippen LogP) is 1.63. The van der Waals surface area contributed by atoms with Gasteiger partial charge in [-0.1, -0.05) is 0 Å². The Kier molecular flexibility index (Phi) is 2.99. The van der Waals surface area contributed by atoms with Crippen LogP contribution in [0.1, 0.15) is 11.3 Å². The van der Waals surface area contributed by atoms with Gasteiger partial charge in [-0.3, -0.25) is 15.2 Å². The molecule has 0 bridgehead atoms. The second kappa shape index (κ2) is 4.60. The fourth-order valence-electron chi connectivity index (χ4n) is 1.39. The predicted molar refractivity (Wildman–Crippen MR) is 61.5 cm³/mol. The van der Waals surface area contributed by atoms with E-state index in [2.05, 4.69) is 20.5 Å². The lowest BCUT2D eigenvalue weighted by molar-refractivity contribution is -0.384. The molecule has 7 nitrogen and oxygen atoms in total. The van der Waals surface area contributed by atoms with Crippen LogP contribution in [0.3, 0.4) is 0 Å². The molecule has 0 amide bonds. The lowest BCUT2D eigenvalue weighted by Crippen LogP contribution is -2.05. The molecule has 0 spiro atoms. The third-order valence-corrected chi connectivity index (χ3v) is 2.21. The van der Waals surface area contributed by atoms with Crippen LogP contribution in [0.25, 0.3) is 0 Å². The maximum absolute atomic E-state index is 10.8. The molecule has 0 aliphatic rings. The molecule has 0 radical (unpaired) electrons. The zero-order valence-electron chi connectivity index (χ0n) is 9.17. The average Bonchev–Trinajstić information content (AvgIpc) is 2.80. The van der Waals surface area contributed by atoms with Gasteiger partial charge in [0.15, 0.2) is 0 Å². The molecule has 2 heterocycles. The number of aromatic nitrogens is 3. The summed E-state index contributed by atoms with van der Waals surface area (Å²) in [4.78, 5) is 14.4. The van der Waals surface area contributed by atoms with Crippen LogP contribution in [0.15, 0.2) is 24.5 Å². The Morgan fingerprint density at radius 3 is 3.06 bits per heavy atom. The largest absolute Gasteiger partial charge is 0.359 e. The van der Waals surface area contributed by atoms with Crippen LogP contribution in [0, 0.1) is 17.0 Å². The molecule has 0 unspecified atom stereocenters. The van der Waals surface area contributed by atoms with Gasteiger partial charge in [-0.25, -0.2) is 4.98 Å². The Morgan fingerprint density at radius 2 is 2.41 bits per heavy atom. The van der Waals surface area contributed by atoms with Gasteiger partial charge in [0.05, 0.1) is 17.2 Å². The van der Waals surface area contributed by atoms with Gasteiger partial charge >= 0.3 is 5.69 Å². The summed E-state index contributed by atoms with van der Waals surface area (Å²) in [5.74, 6) is 0.259. The van der Waals surface area contributed by atoms with Crippen molar-refractivity contribution < 1.29 is 4.92 Å². The van der Waals surface area contributed by atoms with Crippen molar-refractivity contribution in [3.63, 3.8) is 0 Å². The zero-order chi connectivity index (χ0) is 12.3. The number of H-pyrrole nitrogens is 1. The molecule has 17 heavy (non-hydrogen) atoms. The monoisotopic (exact) mass is 233 g/mol. The second-order valence-electron chi connectivity index (χ2n) is 3.57. The molecule has 88 valence electrons. The van der Waals surface area contributed by atoms with Crippen molar-refractivity contribution >= 4 is 11.5 Å². The fourth-order valence-corrected chi connectivity index (χ4v) is 1.39. The molecule has 0 atom stereocenters. The number of anilines is 1. The van der Waals surface area contributed by atoms with Gasteiger partial charge in [0.2, 0.25) is 5.82 Å². The highest BCUT2D eigenvalue weighted by Gasteiger charge is 2.14. The smallest absolute Gasteiger partial charge is 0.311 e. The average molecular weight is 233 g/mol. The second-order valence-corrected chi connectivity index (χ2v) is 3.57. The van der Waals surface area contributed by atoms with E-state index in [0.29, 0.717) is 6.54 Å². The maximum atomic E-state index is 10.8. The van der Waals surface area contributed by atoms with Crippen molar-refractivity contribution in [3.05, 3.63) is 45.9 Å². The molecule has 2 N–H and O–H groups in total. The van der Waals surface area contributed by atoms with Crippen molar-refractivity contribution in [1.82, 2.24) is 15.2 Å². The maximum Gasteiger partial charge on any atom is 0.311 e. The number of nitrogens with one attached hydrogen (secondary N) is 2. The molecule has 0 aliphatic carbocycles. The number of rotatable bonds is 4. The lowest BCUT2D eigenvalue weighted by Gasteiger charge is -2.05. The van der Waals surface area contributed by atoms with E-state index in [1.54, 1.807) is 25.4 Å². The Hall–Kier alpha value is -2.44. The first-order valence-electron chi connectivity index (χ1n) is 5.00. The number of nitro groups is 1. The topological polar surface area (TPSA) is 96.7 Å². The molecule has 0 saturated heterocycles. The molecular weight excluding hydrogens is 222 g/mol. The summed E-state index contributed by atoms with van der Waals surface area (Å²) >= 11 is 0. The highest BCUT2D eigenvalue weighted by atomic mass is 16.6. The van der Waals surface area contributed by atoms with Crippen molar-refractivity contribution in [3.8, 4) is 0 Å². The van der Waals surface area contributed by atoms with E-state index in [9.17, 15) is 10.1 Å². The number of aromatic amines is 1. The summed E-state index contributed by atoms with van der Waals surface area (Å²) in [6, 6.07) is 3.27. The zero-order valence-corrected chi connectivity index (χ0v) is 9.17. The normalized spacial score (nSPS) is 10.2. The molecule has 2 aromatic heterocycles. The van der Waals surface area contributed by atoms with Gasteiger partial charge in [-0.05, 0) is 18.6 Å². The van der Waals surface area contributed by atoms with E-state index in [1.807, 2.05) is 0 Å². The van der Waals surface area contributed by atoms with Crippen LogP contribution in [-0.4, -0.2) is 20.1 Å². The van der Waals surface area contributed by atoms with E-state index in [4.69, 9.17) is 0 Å². The summed E-state index contributed by atoms with van der Waals surface area (Å²) in [5, 5.41) is 20.3. The number of hydrogen-bond donors (Lipinski definition) is 2. The van der Waals surface area contributed by atoms with Gasteiger partial charge in [0, 0.05) is 18.5 Å². The summed E-state index contributed by atoms with van der Waals surface area (Å²) < 4.78 is 0. The first-order valence-corrected chi connectivity index (χ1v) is 5.00. The van der Waals surface area contributed by atoms with Gasteiger partial charge in [0.25, 0.3) is 0 Å². The molecular formula is C10H11N5O2. The first-order chi connectivity index (χ1) is 8.16. The van der Waals surface area contributed by atoms with Gasteiger partial charge < -0.3 is 5.32 Å². The quantitative estimate of drug-likeness (QED) is 0.618. The highest BCUT2D eigenvalue weighted by molar-refractivity contribution is 5.56. The number of aryl methyl sites for hydroxylation is 1. The summed E-state index contributed by atoms with van der Waals surface area (Å²) in [7, 11) is 0. The van der Waals surface area contributed by atoms with Crippen molar-refractivity contribution in [2.75, 3.05) is 5.32 Å². The fraction of sp³-hybridized carbons (Fsp3) is 0.200. The Morgan fingerprint density at radius 1 is 1.59 bits per heavy atom. The molecule has 0 saturated carbocycles. The van der Waals surface area contributed by atoms with E-state index in [1.165, 1.54) is 6.07 Å². The number of hydrogen-bond acceptors (Lipinski definition) is 5. The molecule has 7 heteroatoms. The van der Waals surface area contributed by atoms with E-state index < -0.39 is 4.92 Å². The minimum atomic E-state index is -0.449. The number of nitrogens with zero attached hydrogens (tertiary/aromatic N) is 3. The minimum Gasteiger partial charge on any atom is -0.359 e. The third-order valence-electron chi connectivity index (χ3n) is 2.21. The Labute approximate surface area is 97.0 Å². The Bertz CT molecular complexity index is 523. The van der Waals surface area contributed by atoms with E-state index in [0.717, 1.165) is 11.3 Å². The van der Waals surface area contributed by atoms with Crippen LogP contribution in [0.2, 0.25) is 0 Å². The van der Waals surface area contributed by atoms with E-state index >= 15 is 0 Å². The van der Waals surface area contributed by atoms with Crippen LogP contribution < -0.4 is 5.32 Å². The molecule has 2 aromatic rings. The van der Waals surface area contributed by atoms with Crippen LogP contribution in [-0.2, 0) is 6.54 Å². The molecule has 0 aliphatic heterocycles. The third kappa shape index (κ3) is 2.57. The van der Waals surface area contributed by atoms with Crippen molar-refractivity contribution in [1.29, 1.82) is 0 Å². The summed E-state index contributed by atoms with van der Waals surface area (Å²) in [5.41, 5.74) is 1.56. The van der Waals surface area contributed by atoms with Gasteiger partial charge in [-0.15, -0.1) is 0 Å². The molecule has 0 aromatic carbocycles. The van der Waals surface area contributed by atoms with Crippen LogP contribution in [0.5, 0.6) is 0 Å². The van der Waals surface area contributed by atoms with Crippen molar-refractivity contribution in [2.45, 2.75) is 13.5 Å².